The van der Waals surface area contributed by atoms with Crippen LogP contribution in [0.1, 0.15) is 19.3 Å². The fraction of sp³-hybridized carbons (Fsp3) is 0.917. The lowest BCUT2D eigenvalue weighted by Crippen LogP contribution is -2.31. The van der Waals surface area contributed by atoms with Crippen LogP contribution < -0.4 is 0 Å². The van der Waals surface area contributed by atoms with E-state index in [9.17, 15) is 4.79 Å². The van der Waals surface area contributed by atoms with Gasteiger partial charge in [0.25, 0.3) is 0 Å². The molecule has 0 aromatic carbocycles. The molecule has 3 saturated carbocycles. The summed E-state index contributed by atoms with van der Waals surface area (Å²) in [5, 5.41) is 0. The first-order chi connectivity index (χ1) is 7.24. The van der Waals surface area contributed by atoms with Gasteiger partial charge in [-0.2, -0.15) is 0 Å². The second kappa shape index (κ2) is 3.38. The van der Waals surface area contributed by atoms with Crippen LogP contribution in [-0.4, -0.2) is 30.3 Å². The van der Waals surface area contributed by atoms with Gasteiger partial charge >= 0.3 is 0 Å². The molecule has 2 bridgehead atoms. The zero-order chi connectivity index (χ0) is 10.6. The van der Waals surface area contributed by atoms with Crippen LogP contribution in [0.25, 0.3) is 0 Å². The quantitative estimate of drug-likeness (QED) is 0.676. The second-order valence-corrected chi connectivity index (χ2v) is 5.84. The second-order valence-electron chi connectivity index (χ2n) is 5.46. The maximum atomic E-state index is 12.1. The van der Waals surface area contributed by atoms with Gasteiger partial charge in [0.1, 0.15) is 0 Å². The van der Waals surface area contributed by atoms with Crippen molar-refractivity contribution in [2.24, 2.45) is 29.6 Å². The molecule has 3 aliphatic rings. The van der Waals surface area contributed by atoms with E-state index >= 15 is 0 Å². The summed E-state index contributed by atoms with van der Waals surface area (Å²) >= 11 is 5.66. The first kappa shape index (κ1) is 9.95. The molecule has 0 radical (unpaired) electrons. The molecule has 4 unspecified atom stereocenters. The van der Waals surface area contributed by atoms with Crippen molar-refractivity contribution in [3.8, 4) is 0 Å². The Hall–Kier alpha value is -0.240. The van der Waals surface area contributed by atoms with Gasteiger partial charge in [0, 0.05) is 25.4 Å². The average molecular weight is 228 g/mol. The van der Waals surface area contributed by atoms with Crippen molar-refractivity contribution >= 4 is 17.5 Å². The van der Waals surface area contributed by atoms with Gasteiger partial charge in [-0.25, -0.2) is 0 Å². The molecule has 1 amide bonds. The Morgan fingerprint density at radius 1 is 1.33 bits per heavy atom. The van der Waals surface area contributed by atoms with Gasteiger partial charge in [-0.1, -0.05) is 0 Å². The Balaban J connectivity index is 1.64. The summed E-state index contributed by atoms with van der Waals surface area (Å²) in [6.07, 6.45) is 4.18. The molecule has 0 N–H and O–H groups in total. The van der Waals surface area contributed by atoms with Crippen molar-refractivity contribution in [2.75, 3.05) is 19.5 Å². The van der Waals surface area contributed by atoms with E-state index in [4.69, 9.17) is 11.6 Å². The Morgan fingerprint density at radius 2 is 1.93 bits per heavy atom. The smallest absolute Gasteiger partial charge is 0.226 e. The van der Waals surface area contributed by atoms with Crippen LogP contribution >= 0.6 is 11.6 Å². The Bertz CT molecular complexity index is 277. The highest BCUT2D eigenvalue weighted by atomic mass is 35.5. The predicted octanol–water partition coefficient (Wildman–Crippen LogP) is 1.98. The molecule has 3 aliphatic carbocycles. The summed E-state index contributed by atoms with van der Waals surface area (Å²) in [6.45, 7) is 0.700. The van der Waals surface area contributed by atoms with Gasteiger partial charge in [0.05, 0.1) is 0 Å². The first-order valence-corrected chi connectivity index (χ1v) is 6.58. The monoisotopic (exact) mass is 227 g/mol. The lowest BCUT2D eigenvalue weighted by molar-refractivity contribution is -0.132. The lowest BCUT2D eigenvalue weighted by Gasteiger charge is -2.17. The molecule has 0 saturated heterocycles. The number of hydrogen-bond acceptors (Lipinski definition) is 1. The number of rotatable bonds is 3. The largest absolute Gasteiger partial charge is 0.344 e. The van der Waals surface area contributed by atoms with Gasteiger partial charge < -0.3 is 4.90 Å². The molecule has 4 atom stereocenters. The van der Waals surface area contributed by atoms with E-state index in [1.807, 2.05) is 11.9 Å². The van der Waals surface area contributed by atoms with Gasteiger partial charge in [0.2, 0.25) is 5.91 Å². The van der Waals surface area contributed by atoms with Crippen LogP contribution in [0.5, 0.6) is 0 Å². The molecule has 15 heavy (non-hydrogen) atoms. The molecular formula is C12H18ClNO. The third kappa shape index (κ3) is 1.33. The summed E-state index contributed by atoms with van der Waals surface area (Å²) < 4.78 is 0. The van der Waals surface area contributed by atoms with Crippen molar-refractivity contribution in [2.45, 2.75) is 19.3 Å². The summed E-state index contributed by atoms with van der Waals surface area (Å²) in [5.41, 5.74) is 0. The number of carbonyl (C=O) groups is 1. The van der Waals surface area contributed by atoms with E-state index < -0.39 is 0 Å². The fourth-order valence-corrected chi connectivity index (χ4v) is 4.40. The Morgan fingerprint density at radius 3 is 2.47 bits per heavy atom. The van der Waals surface area contributed by atoms with Crippen LogP contribution in [0.2, 0.25) is 0 Å². The van der Waals surface area contributed by atoms with Crippen LogP contribution in [0.3, 0.4) is 0 Å². The maximum Gasteiger partial charge on any atom is 0.226 e. The number of halogens is 1. The maximum absolute atomic E-state index is 12.1. The van der Waals surface area contributed by atoms with Crippen molar-refractivity contribution in [1.82, 2.24) is 4.90 Å². The van der Waals surface area contributed by atoms with E-state index in [1.165, 1.54) is 19.3 Å². The molecule has 0 aromatic rings. The van der Waals surface area contributed by atoms with E-state index in [1.54, 1.807) is 0 Å². The number of alkyl halides is 1. The SMILES string of the molecule is CN(CCCl)C(=O)C1C2C3CCC(C3)C12. The number of fused-ring (bicyclic) bond motifs is 5. The summed E-state index contributed by atoms with van der Waals surface area (Å²) in [4.78, 5) is 13.9. The third-order valence-electron chi connectivity index (χ3n) is 4.82. The van der Waals surface area contributed by atoms with Crippen molar-refractivity contribution in [3.05, 3.63) is 0 Å². The van der Waals surface area contributed by atoms with Crippen LogP contribution in [-0.2, 0) is 4.79 Å². The highest BCUT2D eigenvalue weighted by Gasteiger charge is 2.67. The third-order valence-corrected chi connectivity index (χ3v) is 4.99. The van der Waals surface area contributed by atoms with Gasteiger partial charge in [-0.15, -0.1) is 11.6 Å². The fourth-order valence-electron chi connectivity index (χ4n) is 4.15. The highest BCUT2D eigenvalue weighted by Crippen LogP contribution is 2.69. The van der Waals surface area contributed by atoms with Crippen molar-refractivity contribution in [3.63, 3.8) is 0 Å². The molecule has 3 heteroatoms. The van der Waals surface area contributed by atoms with Crippen LogP contribution in [0.15, 0.2) is 0 Å². The number of hydrogen-bond donors (Lipinski definition) is 0. The minimum Gasteiger partial charge on any atom is -0.344 e. The molecular weight excluding hydrogens is 210 g/mol. The Kier molecular flexibility index (Phi) is 2.24. The zero-order valence-electron chi connectivity index (χ0n) is 9.16. The van der Waals surface area contributed by atoms with Gasteiger partial charge in [-0.3, -0.25) is 4.79 Å². The van der Waals surface area contributed by atoms with E-state index in [-0.39, 0.29) is 0 Å². The van der Waals surface area contributed by atoms with Gasteiger partial charge in [-0.05, 0) is 42.9 Å². The Labute approximate surface area is 96.0 Å². The molecule has 2 nitrogen and oxygen atoms in total. The molecule has 0 heterocycles. The van der Waals surface area contributed by atoms with Crippen LogP contribution in [0.4, 0.5) is 0 Å². The van der Waals surface area contributed by atoms with Crippen molar-refractivity contribution in [1.29, 1.82) is 0 Å². The molecule has 0 spiro atoms. The molecule has 3 rings (SSSR count). The van der Waals surface area contributed by atoms with Crippen LogP contribution in [0, 0.1) is 29.6 Å². The van der Waals surface area contributed by atoms with E-state index in [2.05, 4.69) is 0 Å². The average Bonchev–Trinajstić information content (AvgIpc) is 2.65. The number of amides is 1. The lowest BCUT2D eigenvalue weighted by atomic mass is 10.0. The summed E-state index contributed by atoms with van der Waals surface area (Å²) in [7, 11) is 1.89. The zero-order valence-corrected chi connectivity index (χ0v) is 9.91. The van der Waals surface area contributed by atoms with Gasteiger partial charge in [0.15, 0.2) is 0 Å². The first-order valence-electron chi connectivity index (χ1n) is 6.05. The van der Waals surface area contributed by atoms with Crippen molar-refractivity contribution < 1.29 is 4.79 Å². The summed E-state index contributed by atoms with van der Waals surface area (Å²) in [5.74, 6) is 4.59. The minimum atomic E-state index is 0.363. The molecule has 84 valence electrons. The highest BCUT2D eigenvalue weighted by molar-refractivity contribution is 6.18. The molecule has 0 aliphatic heterocycles. The summed E-state index contributed by atoms with van der Waals surface area (Å²) in [6, 6.07) is 0. The topological polar surface area (TPSA) is 20.3 Å². The van der Waals surface area contributed by atoms with E-state index in [0.29, 0.717) is 24.2 Å². The molecule has 3 fully saturated rings. The van der Waals surface area contributed by atoms with E-state index in [0.717, 1.165) is 23.7 Å². The molecule has 0 aromatic heterocycles. The normalized spacial score (nSPS) is 45.3. The predicted molar refractivity (Wildman–Crippen MR) is 59.7 cm³/mol. The standard InChI is InChI=1S/C12H18ClNO/c1-14(5-4-13)12(15)11-9-7-2-3-8(6-7)10(9)11/h7-11H,2-6H2,1H3. The minimum absolute atomic E-state index is 0.363. The number of nitrogens with zero attached hydrogens (tertiary/aromatic N) is 1. The number of carbonyl (C=O) groups excluding carboxylic acids is 1.